The van der Waals surface area contributed by atoms with Crippen LogP contribution in [0.4, 0.5) is 0 Å². The monoisotopic (exact) mass is 289 g/mol. The molecule has 0 aromatic heterocycles. The second-order valence-corrected chi connectivity index (χ2v) is 4.88. The highest BCUT2D eigenvalue weighted by atomic mass is 16.4. The summed E-state index contributed by atoms with van der Waals surface area (Å²) in [5.41, 5.74) is 1.29. The Labute approximate surface area is 123 Å². The average Bonchev–Trinajstić information content (AvgIpc) is 2.52. The first-order valence-corrected chi connectivity index (χ1v) is 6.74. The molecule has 0 bridgehead atoms. The number of hydrogen-bond acceptors (Lipinski definition) is 5. The summed E-state index contributed by atoms with van der Waals surface area (Å²) in [6.07, 6.45) is 2.79. The van der Waals surface area contributed by atoms with Crippen LogP contribution in [0.25, 0.3) is 6.08 Å². The molecule has 1 aliphatic carbocycles. The van der Waals surface area contributed by atoms with Crippen LogP contribution >= 0.6 is 0 Å². The lowest BCUT2D eigenvalue weighted by molar-refractivity contribution is -0.0592. The highest BCUT2D eigenvalue weighted by Gasteiger charge is 2.36. The fourth-order valence-corrected chi connectivity index (χ4v) is 2.17. The predicted molar refractivity (Wildman–Crippen MR) is 80.9 cm³/mol. The normalized spacial score (nSPS) is 30.0. The highest BCUT2D eigenvalue weighted by molar-refractivity contribution is 5.78. The van der Waals surface area contributed by atoms with E-state index >= 15 is 0 Å². The number of aliphatic hydroxyl groups excluding tert-OH is 4. The largest absolute Gasteiger partial charge is 0.392 e. The van der Waals surface area contributed by atoms with Crippen LogP contribution in [-0.2, 0) is 0 Å². The molecule has 0 heterocycles. The van der Waals surface area contributed by atoms with Crippen molar-refractivity contribution >= 4 is 12.3 Å². The van der Waals surface area contributed by atoms with Gasteiger partial charge < -0.3 is 20.4 Å². The SMILES string of the molecule is OCC1=C[C@H](N=C/C=C/c2ccccc2)[C@H](O)C(O)[C@@H]1O. The quantitative estimate of drug-likeness (QED) is 0.469. The molecule has 0 amide bonds. The van der Waals surface area contributed by atoms with Gasteiger partial charge in [-0.25, -0.2) is 0 Å². The molecule has 0 aliphatic heterocycles. The summed E-state index contributed by atoms with van der Waals surface area (Å²) in [6, 6.07) is 8.99. The first-order chi connectivity index (χ1) is 10.1. The number of aliphatic hydroxyl groups is 4. The molecule has 5 heteroatoms. The minimum Gasteiger partial charge on any atom is -0.392 e. The molecule has 0 saturated heterocycles. The Hall–Kier alpha value is -1.79. The first kappa shape index (κ1) is 15.6. The fourth-order valence-electron chi connectivity index (χ4n) is 2.17. The van der Waals surface area contributed by atoms with E-state index in [1.807, 2.05) is 36.4 Å². The summed E-state index contributed by atoms with van der Waals surface area (Å²) in [4.78, 5) is 4.14. The molecule has 2 rings (SSSR count). The summed E-state index contributed by atoms with van der Waals surface area (Å²) < 4.78 is 0. The molecule has 1 aliphatic rings. The summed E-state index contributed by atoms with van der Waals surface area (Å²) in [5.74, 6) is 0. The molecule has 1 aromatic carbocycles. The molecule has 4 N–H and O–H groups in total. The molecule has 5 nitrogen and oxygen atoms in total. The molecule has 4 atom stereocenters. The fraction of sp³-hybridized carbons (Fsp3) is 0.312. The molecule has 1 unspecified atom stereocenters. The molecule has 1 aromatic rings. The molecule has 21 heavy (non-hydrogen) atoms. The second-order valence-electron chi connectivity index (χ2n) is 4.88. The molecular weight excluding hydrogens is 270 g/mol. The van der Waals surface area contributed by atoms with Crippen molar-refractivity contribution in [2.45, 2.75) is 24.4 Å². The van der Waals surface area contributed by atoms with E-state index in [4.69, 9.17) is 5.11 Å². The lowest BCUT2D eigenvalue weighted by Gasteiger charge is -2.32. The van der Waals surface area contributed by atoms with Gasteiger partial charge in [-0.1, -0.05) is 42.5 Å². The van der Waals surface area contributed by atoms with Crippen molar-refractivity contribution in [3.63, 3.8) is 0 Å². The van der Waals surface area contributed by atoms with Crippen molar-refractivity contribution in [2.24, 2.45) is 4.99 Å². The predicted octanol–water partition coefficient (Wildman–Crippen LogP) is 0.154. The smallest absolute Gasteiger partial charge is 0.112 e. The van der Waals surface area contributed by atoms with Gasteiger partial charge in [0, 0.05) is 6.21 Å². The highest BCUT2D eigenvalue weighted by Crippen LogP contribution is 2.21. The number of rotatable bonds is 4. The van der Waals surface area contributed by atoms with Crippen LogP contribution in [0.1, 0.15) is 5.56 Å². The maximum atomic E-state index is 9.86. The molecular formula is C16H19NO4. The van der Waals surface area contributed by atoms with Gasteiger partial charge in [-0.15, -0.1) is 0 Å². The van der Waals surface area contributed by atoms with E-state index in [9.17, 15) is 15.3 Å². The van der Waals surface area contributed by atoms with Gasteiger partial charge >= 0.3 is 0 Å². The van der Waals surface area contributed by atoms with Crippen molar-refractivity contribution in [3.8, 4) is 0 Å². The van der Waals surface area contributed by atoms with E-state index < -0.39 is 24.4 Å². The standard InChI is InChI=1S/C16H19NO4/c18-10-12-9-13(15(20)16(21)14(12)19)17-8-4-7-11-5-2-1-3-6-11/h1-9,13-16,18-21H,10H2/b7-4+,17-8?/t13-,14+,15-,16?/m0/s1. The minimum absolute atomic E-state index is 0.266. The van der Waals surface area contributed by atoms with E-state index in [-0.39, 0.29) is 12.2 Å². The lowest BCUT2D eigenvalue weighted by Crippen LogP contribution is -2.48. The Morgan fingerprint density at radius 1 is 1.05 bits per heavy atom. The maximum absolute atomic E-state index is 9.86. The van der Waals surface area contributed by atoms with E-state index in [1.54, 1.807) is 6.08 Å². The van der Waals surface area contributed by atoms with Gasteiger partial charge in [0.1, 0.15) is 18.3 Å². The van der Waals surface area contributed by atoms with Gasteiger partial charge in [0.25, 0.3) is 0 Å². The van der Waals surface area contributed by atoms with Crippen LogP contribution in [0.2, 0.25) is 0 Å². The van der Waals surface area contributed by atoms with E-state index in [0.717, 1.165) is 5.56 Å². The van der Waals surface area contributed by atoms with E-state index in [0.29, 0.717) is 0 Å². The Morgan fingerprint density at radius 3 is 2.43 bits per heavy atom. The van der Waals surface area contributed by atoms with Gasteiger partial charge in [-0.2, -0.15) is 0 Å². The summed E-state index contributed by atoms with van der Waals surface area (Å²) in [6.45, 7) is -0.378. The molecule has 0 radical (unpaired) electrons. The third-order valence-electron chi connectivity index (χ3n) is 3.40. The summed E-state index contributed by atoms with van der Waals surface area (Å²) in [7, 11) is 0. The maximum Gasteiger partial charge on any atom is 0.112 e. The van der Waals surface area contributed by atoms with E-state index in [2.05, 4.69) is 4.99 Å². The first-order valence-electron chi connectivity index (χ1n) is 6.74. The number of nitrogens with zero attached hydrogens (tertiary/aromatic N) is 1. The van der Waals surface area contributed by atoms with Gasteiger partial charge in [0.15, 0.2) is 0 Å². The summed E-state index contributed by atoms with van der Waals surface area (Å²) in [5, 5.41) is 38.3. The zero-order valence-electron chi connectivity index (χ0n) is 11.4. The van der Waals surface area contributed by atoms with Crippen LogP contribution in [-0.4, -0.2) is 57.6 Å². The number of benzene rings is 1. The van der Waals surface area contributed by atoms with Crippen molar-refractivity contribution in [1.29, 1.82) is 0 Å². The van der Waals surface area contributed by atoms with Gasteiger partial charge in [-0.05, 0) is 17.2 Å². The third kappa shape index (κ3) is 3.86. The van der Waals surface area contributed by atoms with Crippen LogP contribution in [0.3, 0.4) is 0 Å². The Bertz CT molecular complexity index is 538. The lowest BCUT2D eigenvalue weighted by atomic mass is 9.88. The Morgan fingerprint density at radius 2 is 1.76 bits per heavy atom. The Kier molecular flexibility index (Phi) is 5.41. The van der Waals surface area contributed by atoms with Crippen molar-refractivity contribution in [1.82, 2.24) is 0 Å². The van der Waals surface area contributed by atoms with Crippen molar-refractivity contribution in [2.75, 3.05) is 6.61 Å². The van der Waals surface area contributed by atoms with Crippen molar-refractivity contribution in [3.05, 3.63) is 53.6 Å². The van der Waals surface area contributed by atoms with Gasteiger partial charge in [0.2, 0.25) is 0 Å². The molecule has 0 saturated carbocycles. The number of allylic oxidation sites excluding steroid dienone is 1. The van der Waals surface area contributed by atoms with Crippen LogP contribution in [0, 0.1) is 0 Å². The number of hydrogen-bond donors (Lipinski definition) is 4. The topological polar surface area (TPSA) is 93.3 Å². The summed E-state index contributed by atoms with van der Waals surface area (Å²) >= 11 is 0. The zero-order valence-corrected chi connectivity index (χ0v) is 11.4. The molecule has 0 fully saturated rings. The zero-order chi connectivity index (χ0) is 15.2. The van der Waals surface area contributed by atoms with Crippen LogP contribution < -0.4 is 0 Å². The number of aliphatic imine (C=N–C) groups is 1. The Balaban J connectivity index is 2.06. The average molecular weight is 289 g/mol. The van der Waals surface area contributed by atoms with Gasteiger partial charge in [0.05, 0.1) is 12.6 Å². The molecule has 0 spiro atoms. The van der Waals surface area contributed by atoms with Crippen LogP contribution in [0.15, 0.2) is 53.0 Å². The molecule has 112 valence electrons. The second kappa shape index (κ2) is 7.28. The van der Waals surface area contributed by atoms with Crippen LogP contribution in [0.5, 0.6) is 0 Å². The minimum atomic E-state index is -1.35. The van der Waals surface area contributed by atoms with Crippen molar-refractivity contribution < 1.29 is 20.4 Å². The third-order valence-corrected chi connectivity index (χ3v) is 3.40. The van der Waals surface area contributed by atoms with Gasteiger partial charge in [-0.3, -0.25) is 4.99 Å². The van der Waals surface area contributed by atoms with E-state index in [1.165, 1.54) is 12.3 Å².